The van der Waals surface area contributed by atoms with Crippen molar-refractivity contribution < 1.29 is 9.53 Å². The molecule has 0 saturated carbocycles. The molecule has 1 aliphatic heterocycles. The number of ketones is 1. The molecule has 0 N–H and O–H groups in total. The molecule has 0 spiro atoms. The summed E-state index contributed by atoms with van der Waals surface area (Å²) in [7, 11) is 0. The molecule has 1 fully saturated rings. The lowest BCUT2D eigenvalue weighted by Crippen LogP contribution is -2.43. The predicted octanol–water partition coefficient (Wildman–Crippen LogP) is 2.35. The Hall–Kier alpha value is -0.710. The lowest BCUT2D eigenvalue weighted by atomic mass is 10.1. The van der Waals surface area contributed by atoms with Crippen LogP contribution in [0.15, 0.2) is 28.7 Å². The molecule has 0 amide bonds. The minimum atomic E-state index is 0.159. The van der Waals surface area contributed by atoms with Crippen molar-refractivity contribution in [2.24, 2.45) is 0 Å². The fourth-order valence-corrected chi connectivity index (χ4v) is 2.52. The Kier molecular flexibility index (Phi) is 4.31. The molecule has 1 atom stereocenters. The highest BCUT2D eigenvalue weighted by molar-refractivity contribution is 9.10. The Morgan fingerprint density at radius 1 is 1.53 bits per heavy atom. The summed E-state index contributed by atoms with van der Waals surface area (Å²) in [5, 5.41) is 0. The number of carbonyl (C=O) groups is 1. The number of carbonyl (C=O) groups excluding carboxylic acids is 1. The molecule has 4 heteroatoms. The maximum Gasteiger partial charge on any atom is 0.177 e. The van der Waals surface area contributed by atoms with Gasteiger partial charge in [-0.15, -0.1) is 0 Å². The molecular weight excluding hydrogens is 282 g/mol. The number of ether oxygens (including phenoxy) is 1. The van der Waals surface area contributed by atoms with E-state index in [1.54, 1.807) is 0 Å². The van der Waals surface area contributed by atoms with Crippen LogP contribution in [0.4, 0.5) is 0 Å². The summed E-state index contributed by atoms with van der Waals surface area (Å²) in [5.74, 6) is 0.159. The average Bonchev–Trinajstić information content (AvgIpc) is 2.29. The number of morpholine rings is 1. The Morgan fingerprint density at radius 2 is 2.29 bits per heavy atom. The minimum Gasteiger partial charge on any atom is -0.376 e. The fraction of sp³-hybridized carbons (Fsp3) is 0.462. The second-order valence-electron chi connectivity index (χ2n) is 4.32. The number of nitrogens with zero attached hydrogens (tertiary/aromatic N) is 1. The van der Waals surface area contributed by atoms with Crippen LogP contribution < -0.4 is 0 Å². The van der Waals surface area contributed by atoms with Gasteiger partial charge in [-0.2, -0.15) is 0 Å². The number of hydrogen-bond acceptors (Lipinski definition) is 3. The molecule has 1 unspecified atom stereocenters. The molecule has 0 aliphatic carbocycles. The lowest BCUT2D eigenvalue weighted by Gasteiger charge is -2.30. The third kappa shape index (κ3) is 3.37. The standard InChI is InChI=1S/C13H16BrNO2/c1-10-8-15(6-7-17-10)9-13(16)11-4-2-3-5-12(11)14/h2-5,10H,6-9H2,1H3. The van der Waals surface area contributed by atoms with Gasteiger partial charge in [-0.25, -0.2) is 0 Å². The van der Waals surface area contributed by atoms with Crippen LogP contribution in [0, 0.1) is 0 Å². The Balaban J connectivity index is 1.99. The van der Waals surface area contributed by atoms with Crippen molar-refractivity contribution in [1.29, 1.82) is 0 Å². The molecule has 0 radical (unpaired) electrons. The van der Waals surface area contributed by atoms with E-state index >= 15 is 0 Å². The van der Waals surface area contributed by atoms with Gasteiger partial charge < -0.3 is 4.74 Å². The quantitative estimate of drug-likeness (QED) is 0.802. The second kappa shape index (κ2) is 5.76. The van der Waals surface area contributed by atoms with Crippen LogP contribution in [-0.4, -0.2) is 43.0 Å². The Bertz CT molecular complexity index is 408. The molecule has 1 aliphatic rings. The minimum absolute atomic E-state index is 0.159. The molecule has 1 aromatic carbocycles. The smallest absolute Gasteiger partial charge is 0.177 e. The molecule has 1 saturated heterocycles. The predicted molar refractivity (Wildman–Crippen MR) is 70.3 cm³/mol. The topological polar surface area (TPSA) is 29.5 Å². The van der Waals surface area contributed by atoms with Crippen molar-refractivity contribution in [3.05, 3.63) is 34.3 Å². The van der Waals surface area contributed by atoms with Crippen LogP contribution in [0.25, 0.3) is 0 Å². The SMILES string of the molecule is CC1CN(CC(=O)c2ccccc2Br)CCO1. The number of rotatable bonds is 3. The van der Waals surface area contributed by atoms with Gasteiger partial charge in [0.25, 0.3) is 0 Å². The van der Waals surface area contributed by atoms with Crippen molar-refractivity contribution >= 4 is 21.7 Å². The molecule has 92 valence electrons. The van der Waals surface area contributed by atoms with Gasteiger partial charge in [0.15, 0.2) is 5.78 Å². The van der Waals surface area contributed by atoms with E-state index in [1.807, 2.05) is 31.2 Å². The highest BCUT2D eigenvalue weighted by Crippen LogP contribution is 2.17. The van der Waals surface area contributed by atoms with Crippen LogP contribution >= 0.6 is 15.9 Å². The number of benzene rings is 1. The van der Waals surface area contributed by atoms with Crippen LogP contribution in [0.2, 0.25) is 0 Å². The van der Waals surface area contributed by atoms with Crippen molar-refractivity contribution in [2.45, 2.75) is 13.0 Å². The van der Waals surface area contributed by atoms with Gasteiger partial charge in [0.05, 0.1) is 19.3 Å². The van der Waals surface area contributed by atoms with E-state index < -0.39 is 0 Å². The van der Waals surface area contributed by atoms with Gasteiger partial charge in [-0.05, 0) is 13.0 Å². The monoisotopic (exact) mass is 297 g/mol. The molecule has 2 rings (SSSR count). The van der Waals surface area contributed by atoms with E-state index in [1.165, 1.54) is 0 Å². The number of halogens is 1. The third-order valence-electron chi connectivity index (χ3n) is 2.87. The van der Waals surface area contributed by atoms with Crippen LogP contribution in [0.5, 0.6) is 0 Å². The first-order chi connectivity index (χ1) is 8.16. The van der Waals surface area contributed by atoms with Crippen molar-refractivity contribution in [3.8, 4) is 0 Å². The van der Waals surface area contributed by atoms with Gasteiger partial charge in [0.1, 0.15) is 0 Å². The maximum absolute atomic E-state index is 12.1. The highest BCUT2D eigenvalue weighted by atomic mass is 79.9. The summed E-state index contributed by atoms with van der Waals surface area (Å²) in [6, 6.07) is 7.56. The molecule has 1 aromatic rings. The average molecular weight is 298 g/mol. The highest BCUT2D eigenvalue weighted by Gasteiger charge is 2.20. The second-order valence-corrected chi connectivity index (χ2v) is 5.17. The molecule has 0 aromatic heterocycles. The molecule has 3 nitrogen and oxygen atoms in total. The normalized spacial score (nSPS) is 21.4. The summed E-state index contributed by atoms with van der Waals surface area (Å²) in [5.41, 5.74) is 0.756. The first kappa shape index (κ1) is 12.7. The van der Waals surface area contributed by atoms with Gasteiger partial charge in [0.2, 0.25) is 0 Å². The van der Waals surface area contributed by atoms with Crippen LogP contribution in [0.1, 0.15) is 17.3 Å². The summed E-state index contributed by atoms with van der Waals surface area (Å²) >= 11 is 3.41. The summed E-state index contributed by atoms with van der Waals surface area (Å²) in [4.78, 5) is 14.3. The first-order valence-electron chi connectivity index (χ1n) is 5.78. The van der Waals surface area contributed by atoms with Gasteiger partial charge in [-0.3, -0.25) is 9.69 Å². The zero-order valence-electron chi connectivity index (χ0n) is 9.86. The van der Waals surface area contributed by atoms with Gasteiger partial charge >= 0.3 is 0 Å². The van der Waals surface area contributed by atoms with Crippen molar-refractivity contribution in [3.63, 3.8) is 0 Å². The van der Waals surface area contributed by atoms with E-state index in [0.29, 0.717) is 13.2 Å². The molecule has 17 heavy (non-hydrogen) atoms. The van der Waals surface area contributed by atoms with E-state index in [9.17, 15) is 4.79 Å². The third-order valence-corrected chi connectivity index (χ3v) is 3.56. The zero-order chi connectivity index (χ0) is 12.3. The molecular formula is C13H16BrNO2. The summed E-state index contributed by atoms with van der Waals surface area (Å²) < 4.78 is 6.32. The first-order valence-corrected chi connectivity index (χ1v) is 6.58. The number of Topliss-reactive ketones (excluding diaryl/α,β-unsaturated/α-hetero) is 1. The van der Waals surface area contributed by atoms with Crippen LogP contribution in [0.3, 0.4) is 0 Å². The number of hydrogen-bond donors (Lipinski definition) is 0. The Labute approximate surface area is 110 Å². The molecule has 1 heterocycles. The maximum atomic E-state index is 12.1. The van der Waals surface area contributed by atoms with Gasteiger partial charge in [-0.1, -0.05) is 34.1 Å². The Morgan fingerprint density at radius 3 is 3.00 bits per heavy atom. The van der Waals surface area contributed by atoms with Gasteiger partial charge in [0, 0.05) is 23.1 Å². The molecule has 0 bridgehead atoms. The van der Waals surface area contributed by atoms with E-state index in [4.69, 9.17) is 4.74 Å². The summed E-state index contributed by atoms with van der Waals surface area (Å²) in [6.07, 6.45) is 0.218. The van der Waals surface area contributed by atoms with Crippen LogP contribution in [-0.2, 0) is 4.74 Å². The lowest BCUT2D eigenvalue weighted by molar-refractivity contribution is -0.0158. The van der Waals surface area contributed by atoms with E-state index in [-0.39, 0.29) is 11.9 Å². The zero-order valence-corrected chi connectivity index (χ0v) is 11.4. The van der Waals surface area contributed by atoms with Crippen molar-refractivity contribution in [2.75, 3.05) is 26.2 Å². The summed E-state index contributed by atoms with van der Waals surface area (Å²) in [6.45, 7) is 4.88. The largest absolute Gasteiger partial charge is 0.376 e. The fourth-order valence-electron chi connectivity index (χ4n) is 2.01. The van der Waals surface area contributed by atoms with E-state index in [2.05, 4.69) is 20.8 Å². The van der Waals surface area contributed by atoms with E-state index in [0.717, 1.165) is 23.1 Å². The van der Waals surface area contributed by atoms with Crippen molar-refractivity contribution in [1.82, 2.24) is 4.90 Å².